The first-order valence-corrected chi connectivity index (χ1v) is 4.85. The standard InChI is InChI=1S/C9H16N2O4/c1-9(2-3-10-5-9)8(15)11-4-6(12)7(13)14/h6,10,12H,2-5H2,1H3,(H,11,15)(H,13,14). The van der Waals surface area contributed by atoms with E-state index in [0.717, 1.165) is 13.0 Å². The van der Waals surface area contributed by atoms with Crippen LogP contribution in [0.4, 0.5) is 0 Å². The molecule has 0 saturated carbocycles. The SMILES string of the molecule is CC1(C(=O)NCC(O)C(=O)O)CCNC1. The van der Waals surface area contributed by atoms with Gasteiger partial charge in [0.05, 0.1) is 12.0 Å². The molecule has 2 unspecified atom stereocenters. The first-order chi connectivity index (χ1) is 6.96. The van der Waals surface area contributed by atoms with E-state index in [2.05, 4.69) is 10.6 Å². The van der Waals surface area contributed by atoms with Gasteiger partial charge in [0.15, 0.2) is 6.10 Å². The maximum Gasteiger partial charge on any atom is 0.334 e. The van der Waals surface area contributed by atoms with Crippen LogP contribution in [-0.2, 0) is 9.59 Å². The highest BCUT2D eigenvalue weighted by molar-refractivity contribution is 5.83. The number of aliphatic hydroxyl groups is 1. The Morgan fingerprint density at radius 3 is 2.73 bits per heavy atom. The Kier molecular flexibility index (Phi) is 3.65. The van der Waals surface area contributed by atoms with Crippen molar-refractivity contribution in [2.75, 3.05) is 19.6 Å². The average Bonchev–Trinajstić information content (AvgIpc) is 2.62. The molecule has 1 aliphatic heterocycles. The second-order valence-electron chi connectivity index (χ2n) is 4.05. The summed E-state index contributed by atoms with van der Waals surface area (Å²) in [5, 5.41) is 22.9. The molecule has 1 rings (SSSR count). The Morgan fingerprint density at radius 1 is 1.60 bits per heavy atom. The molecule has 0 radical (unpaired) electrons. The topological polar surface area (TPSA) is 98.7 Å². The Hall–Kier alpha value is -1.14. The van der Waals surface area contributed by atoms with Crippen LogP contribution in [0.25, 0.3) is 0 Å². The third-order valence-electron chi connectivity index (χ3n) is 2.66. The number of hydrogen-bond donors (Lipinski definition) is 4. The van der Waals surface area contributed by atoms with Crippen molar-refractivity contribution in [2.24, 2.45) is 5.41 Å². The average molecular weight is 216 g/mol. The molecular weight excluding hydrogens is 200 g/mol. The molecule has 0 aromatic carbocycles. The van der Waals surface area contributed by atoms with Crippen molar-refractivity contribution in [2.45, 2.75) is 19.4 Å². The number of hydrogen-bond acceptors (Lipinski definition) is 4. The summed E-state index contributed by atoms with van der Waals surface area (Å²) in [6, 6.07) is 0. The molecule has 86 valence electrons. The lowest BCUT2D eigenvalue weighted by molar-refractivity contribution is -0.146. The van der Waals surface area contributed by atoms with Crippen molar-refractivity contribution >= 4 is 11.9 Å². The van der Waals surface area contributed by atoms with Crippen LogP contribution in [0.1, 0.15) is 13.3 Å². The molecule has 0 aromatic rings. The molecule has 1 saturated heterocycles. The van der Waals surface area contributed by atoms with Crippen LogP contribution in [0, 0.1) is 5.41 Å². The quantitative estimate of drug-likeness (QED) is 0.461. The normalized spacial score (nSPS) is 27.3. The monoisotopic (exact) mass is 216 g/mol. The van der Waals surface area contributed by atoms with Crippen LogP contribution in [0.3, 0.4) is 0 Å². The third kappa shape index (κ3) is 2.90. The number of carbonyl (C=O) groups is 2. The molecule has 1 heterocycles. The lowest BCUT2D eigenvalue weighted by Crippen LogP contribution is -2.44. The third-order valence-corrected chi connectivity index (χ3v) is 2.66. The van der Waals surface area contributed by atoms with Gasteiger partial charge in [0.25, 0.3) is 0 Å². The molecule has 1 amide bonds. The number of amides is 1. The summed E-state index contributed by atoms with van der Waals surface area (Å²) in [6.07, 6.45) is -0.811. The zero-order chi connectivity index (χ0) is 11.5. The smallest absolute Gasteiger partial charge is 0.334 e. The summed E-state index contributed by atoms with van der Waals surface area (Å²) in [4.78, 5) is 21.9. The van der Waals surface area contributed by atoms with E-state index in [1.54, 1.807) is 0 Å². The van der Waals surface area contributed by atoms with Gasteiger partial charge in [-0.25, -0.2) is 4.79 Å². The molecule has 4 N–H and O–H groups in total. The largest absolute Gasteiger partial charge is 0.479 e. The molecular formula is C9H16N2O4. The van der Waals surface area contributed by atoms with E-state index in [9.17, 15) is 9.59 Å². The molecule has 0 bridgehead atoms. The van der Waals surface area contributed by atoms with E-state index in [1.807, 2.05) is 6.92 Å². The van der Waals surface area contributed by atoms with Gasteiger partial charge in [-0.3, -0.25) is 4.79 Å². The number of rotatable bonds is 4. The van der Waals surface area contributed by atoms with Crippen LogP contribution in [0.2, 0.25) is 0 Å². The molecule has 2 atom stereocenters. The van der Waals surface area contributed by atoms with Crippen molar-refractivity contribution in [1.29, 1.82) is 0 Å². The number of carboxylic acids is 1. The zero-order valence-electron chi connectivity index (χ0n) is 8.62. The van der Waals surface area contributed by atoms with Gasteiger partial charge in [-0.05, 0) is 19.9 Å². The summed E-state index contributed by atoms with van der Waals surface area (Å²) in [5.74, 6) is -1.54. The minimum atomic E-state index is -1.54. The fourth-order valence-corrected chi connectivity index (χ4v) is 1.50. The summed E-state index contributed by atoms with van der Waals surface area (Å²) >= 11 is 0. The molecule has 0 aromatic heterocycles. The van der Waals surface area contributed by atoms with Gasteiger partial charge in [0.1, 0.15) is 0 Å². The van der Waals surface area contributed by atoms with E-state index in [0.29, 0.717) is 6.54 Å². The predicted molar refractivity (Wildman–Crippen MR) is 52.2 cm³/mol. The van der Waals surface area contributed by atoms with Crippen molar-refractivity contribution in [1.82, 2.24) is 10.6 Å². The van der Waals surface area contributed by atoms with Gasteiger partial charge in [-0.1, -0.05) is 0 Å². The first-order valence-electron chi connectivity index (χ1n) is 4.85. The van der Waals surface area contributed by atoms with Gasteiger partial charge < -0.3 is 20.8 Å². The van der Waals surface area contributed by atoms with E-state index < -0.39 is 17.5 Å². The number of carboxylic acid groups (broad SMARTS) is 1. The van der Waals surface area contributed by atoms with Gasteiger partial charge in [-0.15, -0.1) is 0 Å². The van der Waals surface area contributed by atoms with Crippen molar-refractivity contribution in [3.05, 3.63) is 0 Å². The van der Waals surface area contributed by atoms with Crippen molar-refractivity contribution in [3.8, 4) is 0 Å². The van der Waals surface area contributed by atoms with Gasteiger partial charge in [0, 0.05) is 6.54 Å². The Labute approximate surface area is 87.7 Å². The fourth-order valence-electron chi connectivity index (χ4n) is 1.50. The first kappa shape index (κ1) is 11.9. The molecule has 15 heavy (non-hydrogen) atoms. The lowest BCUT2D eigenvalue weighted by atomic mass is 9.89. The van der Waals surface area contributed by atoms with Gasteiger partial charge in [0.2, 0.25) is 5.91 Å². The van der Waals surface area contributed by atoms with E-state index in [-0.39, 0.29) is 12.5 Å². The van der Waals surface area contributed by atoms with Crippen LogP contribution in [0.15, 0.2) is 0 Å². The van der Waals surface area contributed by atoms with E-state index >= 15 is 0 Å². The summed E-state index contributed by atoms with van der Waals surface area (Å²) in [6.45, 7) is 2.94. The number of aliphatic carboxylic acids is 1. The molecule has 0 spiro atoms. The van der Waals surface area contributed by atoms with Crippen LogP contribution < -0.4 is 10.6 Å². The molecule has 0 aliphatic carbocycles. The molecule has 6 nitrogen and oxygen atoms in total. The van der Waals surface area contributed by atoms with Crippen LogP contribution >= 0.6 is 0 Å². The number of nitrogens with one attached hydrogen (secondary N) is 2. The van der Waals surface area contributed by atoms with Crippen molar-refractivity contribution in [3.63, 3.8) is 0 Å². The zero-order valence-corrected chi connectivity index (χ0v) is 8.62. The Balaban J connectivity index is 2.39. The molecule has 1 aliphatic rings. The highest BCUT2D eigenvalue weighted by atomic mass is 16.4. The number of carbonyl (C=O) groups excluding carboxylic acids is 1. The highest BCUT2D eigenvalue weighted by Gasteiger charge is 2.36. The van der Waals surface area contributed by atoms with Crippen LogP contribution in [-0.4, -0.2) is 47.8 Å². The number of aliphatic hydroxyl groups excluding tert-OH is 1. The summed E-state index contributed by atoms with van der Waals surface area (Å²) in [5.41, 5.74) is -0.488. The maximum absolute atomic E-state index is 11.6. The summed E-state index contributed by atoms with van der Waals surface area (Å²) in [7, 11) is 0. The minimum absolute atomic E-state index is 0.215. The van der Waals surface area contributed by atoms with E-state index in [1.165, 1.54) is 0 Å². The molecule has 1 fully saturated rings. The lowest BCUT2D eigenvalue weighted by Gasteiger charge is -2.21. The van der Waals surface area contributed by atoms with Crippen molar-refractivity contribution < 1.29 is 19.8 Å². The summed E-state index contributed by atoms with van der Waals surface area (Å²) < 4.78 is 0. The van der Waals surface area contributed by atoms with Crippen LogP contribution in [0.5, 0.6) is 0 Å². The minimum Gasteiger partial charge on any atom is -0.479 e. The van der Waals surface area contributed by atoms with Gasteiger partial charge >= 0.3 is 5.97 Å². The second kappa shape index (κ2) is 4.59. The predicted octanol–water partition coefficient (Wildman–Crippen LogP) is -1.45. The second-order valence-corrected chi connectivity index (χ2v) is 4.05. The van der Waals surface area contributed by atoms with E-state index in [4.69, 9.17) is 10.2 Å². The maximum atomic E-state index is 11.6. The highest BCUT2D eigenvalue weighted by Crippen LogP contribution is 2.24. The van der Waals surface area contributed by atoms with Gasteiger partial charge in [-0.2, -0.15) is 0 Å². The fraction of sp³-hybridized carbons (Fsp3) is 0.778. The Morgan fingerprint density at radius 2 is 2.27 bits per heavy atom. The molecule has 6 heteroatoms. The Bertz CT molecular complexity index is 261.